The highest BCUT2D eigenvalue weighted by Gasteiger charge is 2.21. The van der Waals surface area contributed by atoms with Crippen LogP contribution < -0.4 is 5.73 Å². The lowest BCUT2D eigenvalue weighted by Gasteiger charge is -2.06. The summed E-state index contributed by atoms with van der Waals surface area (Å²) >= 11 is 3.28. The topological polar surface area (TPSA) is 52.3 Å². The van der Waals surface area contributed by atoms with Gasteiger partial charge in [-0.2, -0.15) is 0 Å². The first-order valence-electron chi connectivity index (χ1n) is 6.06. The maximum Gasteiger partial charge on any atom is 0.169 e. The summed E-state index contributed by atoms with van der Waals surface area (Å²) in [4.78, 5) is 0. The van der Waals surface area contributed by atoms with E-state index in [1.807, 2.05) is 32.0 Å². The molecule has 0 aliphatic rings. The van der Waals surface area contributed by atoms with E-state index in [9.17, 15) is 0 Å². The van der Waals surface area contributed by atoms with E-state index < -0.39 is 0 Å². The molecular formula is C15H14BrNO2. The van der Waals surface area contributed by atoms with E-state index in [4.69, 9.17) is 14.6 Å². The van der Waals surface area contributed by atoms with E-state index in [2.05, 4.69) is 28.1 Å². The number of rotatable bonds is 2. The second-order valence-corrected chi connectivity index (χ2v) is 5.49. The number of fused-ring (bicyclic) bond motifs is 1. The Bertz CT molecular complexity index is 742. The number of halogens is 1. The van der Waals surface area contributed by atoms with Gasteiger partial charge in [-0.15, -0.1) is 0 Å². The summed E-state index contributed by atoms with van der Waals surface area (Å²) in [5, 5.41) is 1.10. The Kier molecular flexibility index (Phi) is 2.99. The molecule has 3 rings (SSSR count). The standard InChI is InChI=1S/C15H14BrNO2/c1-8-3-4-10-9(2)15(19-12(10)7-8)14(17)11-5-6-13(16)18-11/h3-7,14H,17H2,1-2H3. The van der Waals surface area contributed by atoms with Crippen LogP contribution in [0.4, 0.5) is 0 Å². The van der Waals surface area contributed by atoms with Crippen LogP contribution in [0.1, 0.15) is 28.7 Å². The molecule has 0 saturated carbocycles. The lowest BCUT2D eigenvalue weighted by Crippen LogP contribution is -2.10. The Hall–Kier alpha value is -1.52. The molecule has 2 aromatic heterocycles. The highest BCUT2D eigenvalue weighted by molar-refractivity contribution is 9.10. The van der Waals surface area contributed by atoms with Crippen molar-refractivity contribution in [1.82, 2.24) is 0 Å². The zero-order valence-electron chi connectivity index (χ0n) is 10.7. The molecule has 98 valence electrons. The summed E-state index contributed by atoms with van der Waals surface area (Å²) in [6.45, 7) is 4.06. The minimum atomic E-state index is -0.390. The van der Waals surface area contributed by atoms with Crippen LogP contribution in [0.5, 0.6) is 0 Å². The van der Waals surface area contributed by atoms with Gasteiger partial charge in [-0.25, -0.2) is 0 Å². The van der Waals surface area contributed by atoms with E-state index in [-0.39, 0.29) is 6.04 Å². The minimum Gasteiger partial charge on any atom is -0.459 e. The molecule has 3 nitrogen and oxygen atoms in total. The van der Waals surface area contributed by atoms with Crippen LogP contribution in [-0.4, -0.2) is 0 Å². The Labute approximate surface area is 119 Å². The largest absolute Gasteiger partial charge is 0.459 e. The fraction of sp³-hybridized carbons (Fsp3) is 0.200. The van der Waals surface area contributed by atoms with Gasteiger partial charge in [-0.3, -0.25) is 0 Å². The highest BCUT2D eigenvalue weighted by Crippen LogP contribution is 2.33. The van der Waals surface area contributed by atoms with E-state index in [1.165, 1.54) is 5.56 Å². The van der Waals surface area contributed by atoms with Crippen LogP contribution in [0, 0.1) is 13.8 Å². The molecule has 1 unspecified atom stereocenters. The second-order valence-electron chi connectivity index (χ2n) is 4.71. The van der Waals surface area contributed by atoms with Crippen LogP contribution in [0.15, 0.2) is 43.8 Å². The van der Waals surface area contributed by atoms with E-state index >= 15 is 0 Å². The normalized spacial score (nSPS) is 13.1. The maximum absolute atomic E-state index is 6.22. The maximum atomic E-state index is 6.22. The van der Waals surface area contributed by atoms with E-state index in [0.717, 1.165) is 22.3 Å². The number of nitrogens with two attached hydrogens (primary N) is 1. The van der Waals surface area contributed by atoms with Crippen molar-refractivity contribution in [2.75, 3.05) is 0 Å². The van der Waals surface area contributed by atoms with Crippen molar-refractivity contribution in [3.05, 3.63) is 57.6 Å². The van der Waals surface area contributed by atoms with Gasteiger partial charge >= 0.3 is 0 Å². The summed E-state index contributed by atoms with van der Waals surface area (Å²) in [6.07, 6.45) is 0. The summed E-state index contributed by atoms with van der Waals surface area (Å²) < 4.78 is 12.1. The van der Waals surface area contributed by atoms with Gasteiger partial charge in [0.1, 0.15) is 23.1 Å². The minimum absolute atomic E-state index is 0.390. The van der Waals surface area contributed by atoms with Gasteiger partial charge in [0.25, 0.3) is 0 Å². The van der Waals surface area contributed by atoms with E-state index in [0.29, 0.717) is 10.4 Å². The number of benzene rings is 1. The molecule has 19 heavy (non-hydrogen) atoms. The van der Waals surface area contributed by atoms with Crippen LogP contribution in [0.2, 0.25) is 0 Å². The zero-order chi connectivity index (χ0) is 13.6. The van der Waals surface area contributed by atoms with Crippen LogP contribution >= 0.6 is 15.9 Å². The molecule has 3 aromatic rings. The number of aryl methyl sites for hydroxylation is 2. The van der Waals surface area contributed by atoms with Gasteiger partial charge in [0.05, 0.1) is 0 Å². The summed E-state index contributed by atoms with van der Waals surface area (Å²) in [5.41, 5.74) is 9.33. The molecule has 4 heteroatoms. The van der Waals surface area contributed by atoms with Gasteiger partial charge in [0, 0.05) is 10.9 Å². The van der Waals surface area contributed by atoms with Crippen molar-refractivity contribution >= 4 is 26.9 Å². The first-order valence-corrected chi connectivity index (χ1v) is 6.86. The van der Waals surface area contributed by atoms with E-state index in [1.54, 1.807) is 0 Å². The molecule has 0 amide bonds. The SMILES string of the molecule is Cc1ccc2c(C)c(C(N)c3ccc(Br)o3)oc2c1. The quantitative estimate of drug-likeness (QED) is 0.759. The number of hydrogen-bond acceptors (Lipinski definition) is 3. The van der Waals surface area contributed by atoms with Gasteiger partial charge in [-0.05, 0) is 53.5 Å². The monoisotopic (exact) mass is 319 g/mol. The van der Waals surface area contributed by atoms with Crippen molar-refractivity contribution in [3.63, 3.8) is 0 Å². The van der Waals surface area contributed by atoms with Gasteiger partial charge < -0.3 is 14.6 Å². The summed E-state index contributed by atoms with van der Waals surface area (Å²) in [5.74, 6) is 1.44. The fourth-order valence-corrected chi connectivity index (χ4v) is 2.59. The van der Waals surface area contributed by atoms with Crippen molar-refractivity contribution in [2.24, 2.45) is 5.73 Å². The number of furan rings is 2. The van der Waals surface area contributed by atoms with Gasteiger partial charge in [-0.1, -0.05) is 12.1 Å². The molecule has 0 saturated heterocycles. The molecule has 2 heterocycles. The molecule has 0 radical (unpaired) electrons. The lowest BCUT2D eigenvalue weighted by atomic mass is 10.1. The van der Waals surface area contributed by atoms with Gasteiger partial charge in [0.2, 0.25) is 0 Å². The Morgan fingerprint density at radius 2 is 1.89 bits per heavy atom. The molecule has 0 spiro atoms. The zero-order valence-corrected chi connectivity index (χ0v) is 12.3. The number of hydrogen-bond donors (Lipinski definition) is 1. The molecule has 1 atom stereocenters. The fourth-order valence-electron chi connectivity index (χ4n) is 2.27. The third kappa shape index (κ3) is 2.11. The lowest BCUT2D eigenvalue weighted by molar-refractivity contribution is 0.432. The molecule has 0 aliphatic heterocycles. The third-order valence-electron chi connectivity index (χ3n) is 3.31. The van der Waals surface area contributed by atoms with Crippen molar-refractivity contribution in [2.45, 2.75) is 19.9 Å². The third-order valence-corrected chi connectivity index (χ3v) is 3.74. The molecule has 1 aromatic carbocycles. The average molecular weight is 320 g/mol. The Morgan fingerprint density at radius 1 is 1.11 bits per heavy atom. The first kappa shape index (κ1) is 12.5. The summed E-state index contributed by atoms with van der Waals surface area (Å²) in [7, 11) is 0. The Morgan fingerprint density at radius 3 is 2.58 bits per heavy atom. The molecule has 0 fully saturated rings. The molecule has 2 N–H and O–H groups in total. The van der Waals surface area contributed by atoms with Crippen LogP contribution in [0.3, 0.4) is 0 Å². The van der Waals surface area contributed by atoms with Crippen molar-refractivity contribution in [3.8, 4) is 0 Å². The molecule has 0 aliphatic carbocycles. The predicted octanol–water partition coefficient (Wildman–Crippen LogP) is 4.45. The smallest absolute Gasteiger partial charge is 0.169 e. The molecule has 0 bridgehead atoms. The van der Waals surface area contributed by atoms with Crippen molar-refractivity contribution in [1.29, 1.82) is 0 Å². The predicted molar refractivity (Wildman–Crippen MR) is 78.1 cm³/mol. The first-order chi connectivity index (χ1) is 9.06. The average Bonchev–Trinajstić information content (AvgIpc) is 2.93. The second kappa shape index (κ2) is 4.54. The van der Waals surface area contributed by atoms with Crippen molar-refractivity contribution < 1.29 is 8.83 Å². The van der Waals surface area contributed by atoms with Crippen LogP contribution in [-0.2, 0) is 0 Å². The molecular weight excluding hydrogens is 306 g/mol. The highest BCUT2D eigenvalue weighted by atomic mass is 79.9. The summed E-state index contributed by atoms with van der Waals surface area (Å²) in [6, 6.07) is 9.46. The van der Waals surface area contributed by atoms with Gasteiger partial charge in [0.15, 0.2) is 4.67 Å². The Balaban J connectivity index is 2.12. The van der Waals surface area contributed by atoms with Crippen LogP contribution in [0.25, 0.3) is 11.0 Å².